The molecule has 0 saturated heterocycles. The third kappa shape index (κ3) is 4.71. The van der Waals surface area contributed by atoms with Crippen LogP contribution in [0.25, 0.3) is 0 Å². The van der Waals surface area contributed by atoms with E-state index in [9.17, 15) is 13.6 Å². The lowest BCUT2D eigenvalue weighted by Gasteiger charge is -2.17. The van der Waals surface area contributed by atoms with Gasteiger partial charge in [-0.2, -0.15) is 13.8 Å². The maximum absolute atomic E-state index is 13.3. The summed E-state index contributed by atoms with van der Waals surface area (Å²) >= 11 is 2.87. The molecule has 3 heterocycles. The summed E-state index contributed by atoms with van der Waals surface area (Å²) in [7, 11) is 0. The van der Waals surface area contributed by atoms with Crippen LogP contribution in [0.15, 0.2) is 23.6 Å². The lowest BCUT2D eigenvalue weighted by atomic mass is 10.1. The second-order valence-corrected chi connectivity index (χ2v) is 8.48. The van der Waals surface area contributed by atoms with Crippen LogP contribution in [0.1, 0.15) is 51.6 Å². The lowest BCUT2D eigenvalue weighted by molar-refractivity contribution is 0.0930. The zero-order chi connectivity index (χ0) is 20.3. The van der Waals surface area contributed by atoms with Gasteiger partial charge in [-0.1, -0.05) is 13.3 Å². The van der Waals surface area contributed by atoms with Crippen molar-refractivity contribution >= 4 is 39.4 Å². The third-order valence-corrected chi connectivity index (χ3v) is 6.15. The average Bonchev–Trinajstić information content (AvgIpc) is 3.19. The first kappa shape index (κ1) is 20.3. The number of aromatic nitrogens is 2. The molecule has 148 valence electrons. The van der Waals surface area contributed by atoms with E-state index < -0.39 is 11.9 Å². The second kappa shape index (κ2) is 8.74. The maximum atomic E-state index is 13.3. The predicted molar refractivity (Wildman–Crippen MR) is 108 cm³/mol. The number of amides is 1. The first-order valence-electron chi connectivity index (χ1n) is 8.79. The van der Waals surface area contributed by atoms with Gasteiger partial charge in [0, 0.05) is 27.6 Å². The molecule has 5 nitrogen and oxygen atoms in total. The molecule has 0 aromatic carbocycles. The minimum Gasteiger partial charge on any atom is -0.343 e. The van der Waals surface area contributed by atoms with E-state index in [1.54, 1.807) is 18.3 Å². The predicted octanol–water partition coefficient (Wildman–Crippen LogP) is 5.51. The first-order valence-corrected chi connectivity index (χ1v) is 10.5. The minimum atomic E-state index is -0.928. The number of nitrogens with one attached hydrogen (secondary N) is 2. The summed E-state index contributed by atoms with van der Waals surface area (Å²) in [4.78, 5) is 22.0. The number of thiophene rings is 1. The molecule has 0 aliphatic carbocycles. The zero-order valence-corrected chi connectivity index (χ0v) is 17.3. The molecule has 3 aromatic rings. The monoisotopic (exact) mass is 422 g/mol. The molecular formula is C19H20F2N4OS2. The van der Waals surface area contributed by atoms with Gasteiger partial charge in [-0.15, -0.1) is 22.7 Å². The van der Waals surface area contributed by atoms with E-state index in [1.807, 2.05) is 18.4 Å². The first-order chi connectivity index (χ1) is 13.4. The van der Waals surface area contributed by atoms with E-state index in [0.717, 1.165) is 35.4 Å². The Bertz CT molecular complexity index is 966. The smallest absolute Gasteiger partial charge is 0.271 e. The highest BCUT2D eigenvalue weighted by molar-refractivity contribution is 7.15. The van der Waals surface area contributed by atoms with Crippen LogP contribution < -0.4 is 10.6 Å². The Morgan fingerprint density at radius 1 is 1.21 bits per heavy atom. The number of pyridine rings is 1. The van der Waals surface area contributed by atoms with Crippen LogP contribution in [0.3, 0.4) is 0 Å². The van der Waals surface area contributed by atoms with Gasteiger partial charge in [0.25, 0.3) is 5.91 Å². The van der Waals surface area contributed by atoms with Gasteiger partial charge < -0.3 is 10.6 Å². The van der Waals surface area contributed by atoms with Gasteiger partial charge in [0.2, 0.25) is 11.9 Å². The fourth-order valence-electron chi connectivity index (χ4n) is 2.85. The van der Waals surface area contributed by atoms with Crippen LogP contribution in [-0.2, 0) is 0 Å². The van der Waals surface area contributed by atoms with Gasteiger partial charge in [-0.05, 0) is 37.3 Å². The summed E-state index contributed by atoms with van der Waals surface area (Å²) in [5.74, 6) is -2.12. The highest BCUT2D eigenvalue weighted by Crippen LogP contribution is 2.29. The fraction of sp³-hybridized carbons (Fsp3) is 0.316. The molecule has 0 saturated carbocycles. The number of thiazole rings is 1. The van der Waals surface area contributed by atoms with Crippen LogP contribution in [0, 0.1) is 25.7 Å². The van der Waals surface area contributed by atoms with Gasteiger partial charge in [-0.3, -0.25) is 4.79 Å². The Labute approximate surface area is 169 Å². The van der Waals surface area contributed by atoms with E-state index in [4.69, 9.17) is 0 Å². The van der Waals surface area contributed by atoms with Gasteiger partial charge in [-0.25, -0.2) is 4.98 Å². The number of aryl methyl sites for hydroxylation is 2. The number of anilines is 2. The minimum absolute atomic E-state index is 0.0709. The Morgan fingerprint density at radius 3 is 2.54 bits per heavy atom. The average molecular weight is 423 g/mol. The summed E-state index contributed by atoms with van der Waals surface area (Å²) < 4.78 is 26.5. The normalized spacial score (nSPS) is 12.0. The highest BCUT2D eigenvalue weighted by Gasteiger charge is 2.22. The zero-order valence-electron chi connectivity index (χ0n) is 15.7. The van der Waals surface area contributed by atoms with Crippen LogP contribution >= 0.6 is 22.7 Å². The van der Waals surface area contributed by atoms with Crippen molar-refractivity contribution in [2.45, 2.75) is 39.7 Å². The van der Waals surface area contributed by atoms with E-state index in [-0.39, 0.29) is 17.6 Å². The molecule has 28 heavy (non-hydrogen) atoms. The topological polar surface area (TPSA) is 66.9 Å². The Morgan fingerprint density at radius 2 is 1.93 bits per heavy atom. The molecule has 0 radical (unpaired) electrons. The Hall–Kier alpha value is -2.39. The third-order valence-electron chi connectivity index (χ3n) is 4.13. The summed E-state index contributed by atoms with van der Waals surface area (Å²) in [6.07, 6.45) is 1.77. The summed E-state index contributed by atoms with van der Waals surface area (Å²) in [6, 6.07) is 4.10. The highest BCUT2D eigenvalue weighted by atomic mass is 32.1. The molecule has 0 aliphatic heterocycles. The van der Waals surface area contributed by atoms with E-state index in [2.05, 4.69) is 27.5 Å². The van der Waals surface area contributed by atoms with Crippen molar-refractivity contribution in [3.8, 4) is 0 Å². The van der Waals surface area contributed by atoms with Crippen LogP contribution in [0.5, 0.6) is 0 Å². The molecule has 1 amide bonds. The maximum Gasteiger partial charge on any atom is 0.271 e. The lowest BCUT2D eigenvalue weighted by Crippen LogP contribution is -2.29. The number of hydrogen-bond donors (Lipinski definition) is 2. The summed E-state index contributed by atoms with van der Waals surface area (Å²) in [5, 5.41) is 8.30. The van der Waals surface area contributed by atoms with E-state index in [0.29, 0.717) is 15.7 Å². The molecule has 0 aliphatic rings. The SMILES string of the molecule is CCCC(NC(=O)c1nc(Nc2cc(F)nc(F)c2)sc1C)c1sccc1C. The van der Waals surface area contributed by atoms with Crippen molar-refractivity contribution in [3.05, 3.63) is 56.5 Å². The van der Waals surface area contributed by atoms with Crippen molar-refractivity contribution in [2.24, 2.45) is 0 Å². The molecule has 3 aromatic heterocycles. The number of hydrogen-bond acceptors (Lipinski definition) is 6. The molecule has 1 unspecified atom stereocenters. The molecule has 2 N–H and O–H groups in total. The fourth-order valence-corrected chi connectivity index (χ4v) is 4.69. The van der Waals surface area contributed by atoms with Gasteiger partial charge in [0.15, 0.2) is 5.13 Å². The Kier molecular flexibility index (Phi) is 6.35. The molecular weight excluding hydrogens is 402 g/mol. The standard InChI is InChI=1S/C19H20F2N4OS2/c1-4-5-13(17-10(2)6-7-27-17)23-18(26)16-11(3)28-19(25-16)22-12-8-14(20)24-15(21)9-12/h6-9,13H,4-5H2,1-3H3,(H,23,26)(H,22,24,25). The van der Waals surface area contributed by atoms with Crippen molar-refractivity contribution in [1.82, 2.24) is 15.3 Å². The van der Waals surface area contributed by atoms with Crippen molar-refractivity contribution in [2.75, 3.05) is 5.32 Å². The van der Waals surface area contributed by atoms with Crippen LogP contribution in [0.4, 0.5) is 19.6 Å². The molecule has 0 bridgehead atoms. The number of carbonyl (C=O) groups excluding carboxylic acids is 1. The summed E-state index contributed by atoms with van der Waals surface area (Å²) in [5.41, 5.74) is 1.64. The number of nitrogens with zero attached hydrogens (tertiary/aromatic N) is 2. The van der Waals surface area contributed by atoms with E-state index >= 15 is 0 Å². The molecule has 0 fully saturated rings. The van der Waals surface area contributed by atoms with Crippen molar-refractivity contribution in [1.29, 1.82) is 0 Å². The van der Waals surface area contributed by atoms with Crippen molar-refractivity contribution < 1.29 is 13.6 Å². The largest absolute Gasteiger partial charge is 0.343 e. The quantitative estimate of drug-likeness (QED) is 0.493. The number of rotatable bonds is 7. The van der Waals surface area contributed by atoms with Crippen molar-refractivity contribution in [3.63, 3.8) is 0 Å². The van der Waals surface area contributed by atoms with Gasteiger partial charge in [0.1, 0.15) is 5.69 Å². The van der Waals surface area contributed by atoms with Gasteiger partial charge >= 0.3 is 0 Å². The molecule has 3 rings (SSSR count). The van der Waals surface area contributed by atoms with E-state index in [1.165, 1.54) is 11.3 Å². The molecule has 0 spiro atoms. The second-order valence-electron chi connectivity index (χ2n) is 6.33. The van der Waals surface area contributed by atoms with Crippen LogP contribution in [0.2, 0.25) is 0 Å². The van der Waals surface area contributed by atoms with Gasteiger partial charge in [0.05, 0.1) is 6.04 Å². The number of halogens is 2. The van der Waals surface area contributed by atoms with Crippen LogP contribution in [-0.4, -0.2) is 15.9 Å². The molecule has 9 heteroatoms. The molecule has 1 atom stereocenters. The number of carbonyl (C=O) groups is 1. The Balaban J connectivity index is 1.77. The summed E-state index contributed by atoms with van der Waals surface area (Å²) in [6.45, 7) is 5.89.